The highest BCUT2D eigenvalue weighted by Gasteiger charge is 2.16. The molecule has 2 rings (SSSR count). The molecule has 1 aromatic carbocycles. The van der Waals surface area contributed by atoms with Gasteiger partial charge in [0.05, 0.1) is 3.57 Å². The fourth-order valence-corrected chi connectivity index (χ4v) is 1.78. The van der Waals surface area contributed by atoms with Crippen molar-refractivity contribution in [3.63, 3.8) is 0 Å². The van der Waals surface area contributed by atoms with Gasteiger partial charge >= 0.3 is 0 Å². The van der Waals surface area contributed by atoms with E-state index in [1.165, 1.54) is 16.4 Å². The molecule has 0 atom stereocenters. The standard InChI is InChI=1S/C12H13IO/c13-11-5-1-2-6-12(11)14-9-3-4-10-7-8-10/h1-6,10H,7-9H2. The molecule has 1 nitrogen and oxygen atoms in total. The summed E-state index contributed by atoms with van der Waals surface area (Å²) >= 11 is 2.29. The maximum atomic E-state index is 5.62. The van der Waals surface area contributed by atoms with Crippen LogP contribution in [0, 0.1) is 9.49 Å². The molecule has 1 aromatic rings. The van der Waals surface area contributed by atoms with Gasteiger partial charge in [-0.2, -0.15) is 0 Å². The molecule has 0 saturated heterocycles. The van der Waals surface area contributed by atoms with E-state index in [-0.39, 0.29) is 0 Å². The van der Waals surface area contributed by atoms with Crippen molar-refractivity contribution in [1.29, 1.82) is 0 Å². The Balaban J connectivity index is 1.82. The SMILES string of the molecule is Ic1ccccc1OCC=CC1CC1. The van der Waals surface area contributed by atoms with Gasteiger partial charge in [-0.1, -0.05) is 24.3 Å². The van der Waals surface area contributed by atoms with E-state index in [0.717, 1.165) is 11.7 Å². The monoisotopic (exact) mass is 300 g/mol. The quantitative estimate of drug-likeness (QED) is 0.609. The first kappa shape index (κ1) is 10.0. The van der Waals surface area contributed by atoms with E-state index >= 15 is 0 Å². The Kier molecular flexibility index (Phi) is 3.45. The third-order valence-corrected chi connectivity index (χ3v) is 3.09. The second-order valence-corrected chi connectivity index (χ2v) is 4.67. The van der Waals surface area contributed by atoms with Crippen LogP contribution >= 0.6 is 22.6 Å². The molecule has 0 amide bonds. The highest BCUT2D eigenvalue weighted by molar-refractivity contribution is 14.1. The zero-order valence-corrected chi connectivity index (χ0v) is 10.1. The second-order valence-electron chi connectivity index (χ2n) is 3.51. The van der Waals surface area contributed by atoms with Crippen LogP contribution in [0.4, 0.5) is 0 Å². The summed E-state index contributed by atoms with van der Waals surface area (Å²) in [4.78, 5) is 0. The maximum absolute atomic E-state index is 5.62. The van der Waals surface area contributed by atoms with E-state index in [9.17, 15) is 0 Å². The number of hydrogen-bond acceptors (Lipinski definition) is 1. The number of halogens is 1. The summed E-state index contributed by atoms with van der Waals surface area (Å²) in [6.45, 7) is 0.691. The van der Waals surface area contributed by atoms with E-state index in [4.69, 9.17) is 4.74 Å². The Morgan fingerprint density at radius 3 is 2.86 bits per heavy atom. The molecule has 74 valence electrons. The van der Waals surface area contributed by atoms with Crippen LogP contribution in [0.2, 0.25) is 0 Å². The zero-order chi connectivity index (χ0) is 9.80. The van der Waals surface area contributed by atoms with E-state index in [0.29, 0.717) is 6.61 Å². The minimum atomic E-state index is 0.691. The molecule has 0 aromatic heterocycles. The average Bonchev–Trinajstić information content (AvgIpc) is 2.99. The van der Waals surface area contributed by atoms with Crippen molar-refractivity contribution in [1.82, 2.24) is 0 Å². The van der Waals surface area contributed by atoms with Crippen LogP contribution in [0.15, 0.2) is 36.4 Å². The Morgan fingerprint density at radius 2 is 2.14 bits per heavy atom. The number of rotatable bonds is 4. The third kappa shape index (κ3) is 3.01. The smallest absolute Gasteiger partial charge is 0.133 e. The Morgan fingerprint density at radius 1 is 1.36 bits per heavy atom. The van der Waals surface area contributed by atoms with Crippen molar-refractivity contribution in [3.05, 3.63) is 40.0 Å². The highest BCUT2D eigenvalue weighted by atomic mass is 127. The van der Waals surface area contributed by atoms with Gasteiger partial charge < -0.3 is 4.74 Å². The van der Waals surface area contributed by atoms with Crippen molar-refractivity contribution in [3.8, 4) is 5.75 Å². The first-order valence-corrected chi connectivity index (χ1v) is 5.98. The first-order valence-electron chi connectivity index (χ1n) is 4.90. The summed E-state index contributed by atoms with van der Waals surface area (Å²) < 4.78 is 6.79. The molecular weight excluding hydrogens is 287 g/mol. The van der Waals surface area contributed by atoms with Crippen molar-refractivity contribution in [2.45, 2.75) is 12.8 Å². The topological polar surface area (TPSA) is 9.23 Å². The Hall–Kier alpha value is -0.510. The van der Waals surface area contributed by atoms with E-state index in [2.05, 4.69) is 40.8 Å². The Bertz CT molecular complexity index is 329. The molecule has 1 saturated carbocycles. The van der Waals surface area contributed by atoms with Crippen LogP contribution in [0.5, 0.6) is 5.75 Å². The van der Waals surface area contributed by atoms with Gasteiger partial charge in [0, 0.05) is 0 Å². The molecule has 0 bridgehead atoms. The van der Waals surface area contributed by atoms with Crippen LogP contribution in [0.1, 0.15) is 12.8 Å². The molecule has 0 aliphatic heterocycles. The van der Waals surface area contributed by atoms with Crippen LogP contribution in [0.25, 0.3) is 0 Å². The molecule has 2 heteroatoms. The fourth-order valence-electron chi connectivity index (χ4n) is 1.24. The normalized spacial score (nSPS) is 16.1. The first-order chi connectivity index (χ1) is 6.86. The molecule has 1 aliphatic rings. The molecule has 1 fully saturated rings. The zero-order valence-electron chi connectivity index (χ0n) is 7.95. The summed E-state index contributed by atoms with van der Waals surface area (Å²) in [6.07, 6.45) is 7.11. The van der Waals surface area contributed by atoms with Crippen molar-refractivity contribution in [2.24, 2.45) is 5.92 Å². The van der Waals surface area contributed by atoms with Gasteiger partial charge in [-0.25, -0.2) is 0 Å². The van der Waals surface area contributed by atoms with E-state index < -0.39 is 0 Å². The van der Waals surface area contributed by atoms with Gasteiger partial charge in [-0.05, 0) is 53.5 Å². The molecule has 14 heavy (non-hydrogen) atoms. The van der Waals surface area contributed by atoms with Gasteiger partial charge in [0.2, 0.25) is 0 Å². The molecule has 0 unspecified atom stereocenters. The van der Waals surface area contributed by atoms with Gasteiger partial charge in [-0.15, -0.1) is 0 Å². The van der Waals surface area contributed by atoms with Crippen LogP contribution in [-0.4, -0.2) is 6.61 Å². The summed E-state index contributed by atoms with van der Waals surface area (Å²) in [5.41, 5.74) is 0. The number of benzene rings is 1. The summed E-state index contributed by atoms with van der Waals surface area (Å²) in [6, 6.07) is 8.09. The minimum Gasteiger partial charge on any atom is -0.488 e. The van der Waals surface area contributed by atoms with Gasteiger partial charge in [0.25, 0.3) is 0 Å². The van der Waals surface area contributed by atoms with Gasteiger partial charge in [-0.3, -0.25) is 0 Å². The lowest BCUT2D eigenvalue weighted by molar-refractivity contribution is 0.360. The van der Waals surface area contributed by atoms with Crippen LogP contribution in [0.3, 0.4) is 0 Å². The summed E-state index contributed by atoms with van der Waals surface area (Å²) in [5, 5.41) is 0. The summed E-state index contributed by atoms with van der Waals surface area (Å²) in [5.74, 6) is 1.82. The summed E-state index contributed by atoms with van der Waals surface area (Å²) in [7, 11) is 0. The lowest BCUT2D eigenvalue weighted by Crippen LogP contribution is -1.94. The molecule has 1 aliphatic carbocycles. The molecule has 0 spiro atoms. The predicted octanol–water partition coefficient (Wildman–Crippen LogP) is 3.64. The molecular formula is C12H13IO. The predicted molar refractivity (Wildman–Crippen MR) is 66.5 cm³/mol. The number of ether oxygens (including phenoxy) is 1. The molecule has 0 radical (unpaired) electrons. The van der Waals surface area contributed by atoms with Crippen LogP contribution < -0.4 is 4.74 Å². The minimum absolute atomic E-state index is 0.691. The largest absolute Gasteiger partial charge is 0.488 e. The van der Waals surface area contributed by atoms with Crippen molar-refractivity contribution < 1.29 is 4.74 Å². The van der Waals surface area contributed by atoms with Crippen molar-refractivity contribution in [2.75, 3.05) is 6.61 Å². The van der Waals surface area contributed by atoms with Gasteiger partial charge in [0.1, 0.15) is 12.4 Å². The van der Waals surface area contributed by atoms with Crippen LogP contribution in [-0.2, 0) is 0 Å². The average molecular weight is 300 g/mol. The molecule has 0 heterocycles. The highest BCUT2D eigenvalue weighted by Crippen LogP contribution is 2.30. The molecule has 0 N–H and O–H groups in total. The van der Waals surface area contributed by atoms with E-state index in [1.54, 1.807) is 0 Å². The van der Waals surface area contributed by atoms with Crippen molar-refractivity contribution >= 4 is 22.6 Å². The third-order valence-electron chi connectivity index (χ3n) is 2.20. The second kappa shape index (κ2) is 4.82. The van der Waals surface area contributed by atoms with Gasteiger partial charge in [0.15, 0.2) is 0 Å². The number of hydrogen-bond donors (Lipinski definition) is 0. The lowest BCUT2D eigenvalue weighted by atomic mass is 10.3. The fraction of sp³-hybridized carbons (Fsp3) is 0.333. The Labute approximate surface area is 98.3 Å². The van der Waals surface area contributed by atoms with E-state index in [1.807, 2.05) is 18.2 Å². The number of allylic oxidation sites excluding steroid dienone is 1. The maximum Gasteiger partial charge on any atom is 0.133 e. The number of para-hydroxylation sites is 1. The lowest BCUT2D eigenvalue weighted by Gasteiger charge is -2.04.